The number of hydrogen-bond donors (Lipinski definition) is 1. The van der Waals surface area contributed by atoms with Crippen molar-refractivity contribution in [3.05, 3.63) is 52.3 Å². The van der Waals surface area contributed by atoms with Gasteiger partial charge in [-0.25, -0.2) is 9.79 Å². The van der Waals surface area contributed by atoms with E-state index in [4.69, 9.17) is 0 Å². The third-order valence-corrected chi connectivity index (χ3v) is 4.79. The van der Waals surface area contributed by atoms with Crippen molar-refractivity contribution in [1.82, 2.24) is 9.47 Å². The number of halogens is 6. The van der Waals surface area contributed by atoms with Crippen molar-refractivity contribution in [3.63, 3.8) is 0 Å². The van der Waals surface area contributed by atoms with E-state index in [0.29, 0.717) is 0 Å². The molecule has 0 spiro atoms. The van der Waals surface area contributed by atoms with Crippen LogP contribution in [0.2, 0.25) is 0 Å². The Balaban J connectivity index is 1.91. The van der Waals surface area contributed by atoms with Gasteiger partial charge in [0, 0.05) is 18.8 Å². The molecule has 1 aliphatic heterocycles. The van der Waals surface area contributed by atoms with Crippen molar-refractivity contribution in [3.8, 4) is 6.07 Å². The Hall–Kier alpha value is -3.82. The average molecular weight is 457 g/mol. The maximum absolute atomic E-state index is 13.6. The molecule has 3 amide bonds. The topological polar surface area (TPSA) is 90.5 Å². The standard InChI is InChI=1S/C19H13F6N5O2/c1-27-16(31)14-12(8-26)15(19(23,24)25)30-7-6-29(9-13(14)30)17(32)28-11-4-2-10(3-5-11)18(20,21)22/h2-5H,1,6-7,9H2,(H,28,32). The highest BCUT2D eigenvalue weighted by atomic mass is 19.4. The van der Waals surface area contributed by atoms with Gasteiger partial charge in [0.1, 0.15) is 11.8 Å². The summed E-state index contributed by atoms with van der Waals surface area (Å²) < 4.78 is 79.4. The molecule has 0 radical (unpaired) electrons. The molecule has 0 unspecified atom stereocenters. The third kappa shape index (κ3) is 4.16. The molecule has 1 aromatic carbocycles. The minimum Gasteiger partial charge on any atom is -0.336 e. The van der Waals surface area contributed by atoms with E-state index in [2.05, 4.69) is 17.0 Å². The Labute approximate surface area is 176 Å². The molecule has 32 heavy (non-hydrogen) atoms. The molecule has 7 nitrogen and oxygen atoms in total. The zero-order valence-corrected chi connectivity index (χ0v) is 16.0. The van der Waals surface area contributed by atoms with Crippen LogP contribution < -0.4 is 5.32 Å². The van der Waals surface area contributed by atoms with Crippen LogP contribution in [-0.2, 0) is 25.4 Å². The van der Waals surface area contributed by atoms with E-state index < -0.39 is 53.2 Å². The number of hydrogen-bond acceptors (Lipinski definition) is 3. The second kappa shape index (κ2) is 8.03. The lowest BCUT2D eigenvalue weighted by molar-refractivity contribution is -0.144. The van der Waals surface area contributed by atoms with Gasteiger partial charge in [0.05, 0.1) is 28.9 Å². The summed E-state index contributed by atoms with van der Waals surface area (Å²) >= 11 is 0. The first-order valence-corrected chi connectivity index (χ1v) is 8.85. The minimum atomic E-state index is -4.94. The summed E-state index contributed by atoms with van der Waals surface area (Å²) in [6.45, 7) is 1.95. The van der Waals surface area contributed by atoms with Gasteiger partial charge in [-0.1, -0.05) is 0 Å². The van der Waals surface area contributed by atoms with Gasteiger partial charge in [-0.05, 0) is 31.0 Å². The minimum absolute atomic E-state index is 0.0294. The lowest BCUT2D eigenvalue weighted by Crippen LogP contribution is -2.41. The Bertz CT molecular complexity index is 1130. The number of alkyl halides is 6. The predicted molar refractivity (Wildman–Crippen MR) is 98.9 cm³/mol. The van der Waals surface area contributed by atoms with Crippen molar-refractivity contribution in [2.45, 2.75) is 25.4 Å². The van der Waals surface area contributed by atoms with Gasteiger partial charge in [0.25, 0.3) is 5.91 Å². The first-order valence-electron chi connectivity index (χ1n) is 8.85. The maximum Gasteiger partial charge on any atom is 0.432 e. The molecular formula is C19H13F6N5O2. The first kappa shape index (κ1) is 22.9. The van der Waals surface area contributed by atoms with E-state index in [0.717, 1.165) is 33.7 Å². The second-order valence-electron chi connectivity index (χ2n) is 6.70. The number of anilines is 1. The van der Waals surface area contributed by atoms with Gasteiger partial charge < -0.3 is 14.8 Å². The zero-order chi connectivity index (χ0) is 23.8. The Morgan fingerprint density at radius 2 is 1.69 bits per heavy atom. The van der Waals surface area contributed by atoms with Gasteiger partial charge >= 0.3 is 18.4 Å². The van der Waals surface area contributed by atoms with Gasteiger partial charge in [0.15, 0.2) is 0 Å². The molecule has 1 aromatic heterocycles. The van der Waals surface area contributed by atoms with E-state index in [-0.39, 0.29) is 24.5 Å². The number of benzene rings is 1. The van der Waals surface area contributed by atoms with E-state index in [9.17, 15) is 41.2 Å². The molecule has 3 rings (SSSR count). The number of carbonyl (C=O) groups is 2. The molecule has 0 saturated heterocycles. The number of nitriles is 1. The number of aliphatic imine (C=N–C) groups is 1. The summed E-state index contributed by atoms with van der Waals surface area (Å²) in [7, 11) is 0. The van der Waals surface area contributed by atoms with E-state index in [1.165, 1.54) is 6.07 Å². The third-order valence-electron chi connectivity index (χ3n) is 4.79. The van der Waals surface area contributed by atoms with Crippen molar-refractivity contribution >= 4 is 24.3 Å². The molecule has 13 heteroatoms. The van der Waals surface area contributed by atoms with Crippen LogP contribution in [0.15, 0.2) is 29.3 Å². The summed E-state index contributed by atoms with van der Waals surface area (Å²) in [6.07, 6.45) is -9.50. The first-order chi connectivity index (χ1) is 14.9. The summed E-state index contributed by atoms with van der Waals surface area (Å²) in [6, 6.07) is 4.15. The molecule has 168 valence electrons. The highest BCUT2D eigenvalue weighted by molar-refractivity contribution is 6.01. The smallest absolute Gasteiger partial charge is 0.336 e. The zero-order valence-electron chi connectivity index (χ0n) is 16.0. The number of nitrogens with one attached hydrogen (secondary N) is 1. The van der Waals surface area contributed by atoms with Crippen molar-refractivity contribution < 1.29 is 35.9 Å². The molecular weight excluding hydrogens is 444 g/mol. The van der Waals surface area contributed by atoms with Crippen LogP contribution in [0.5, 0.6) is 0 Å². The highest BCUT2D eigenvalue weighted by Gasteiger charge is 2.44. The van der Waals surface area contributed by atoms with Crippen LogP contribution in [0.3, 0.4) is 0 Å². The van der Waals surface area contributed by atoms with Crippen LogP contribution in [0.25, 0.3) is 0 Å². The molecule has 2 aromatic rings. The fourth-order valence-electron chi connectivity index (χ4n) is 3.39. The van der Waals surface area contributed by atoms with Crippen LogP contribution in [0, 0.1) is 11.3 Å². The van der Waals surface area contributed by atoms with E-state index in [1.807, 2.05) is 0 Å². The molecule has 0 fully saturated rings. The summed E-state index contributed by atoms with van der Waals surface area (Å²) in [5.74, 6) is -1.15. The Morgan fingerprint density at radius 3 is 2.19 bits per heavy atom. The monoisotopic (exact) mass is 457 g/mol. The number of carbonyl (C=O) groups excluding carboxylic acids is 2. The fourth-order valence-corrected chi connectivity index (χ4v) is 3.39. The second-order valence-corrected chi connectivity index (χ2v) is 6.70. The van der Waals surface area contributed by atoms with Crippen LogP contribution in [0.4, 0.5) is 36.8 Å². The summed E-state index contributed by atoms with van der Waals surface area (Å²) in [4.78, 5) is 28.8. The predicted octanol–water partition coefficient (Wildman–Crippen LogP) is 4.29. The van der Waals surface area contributed by atoms with Gasteiger partial charge in [-0.3, -0.25) is 4.79 Å². The van der Waals surface area contributed by atoms with E-state index in [1.54, 1.807) is 0 Å². The molecule has 0 saturated carbocycles. The Morgan fingerprint density at radius 1 is 1.06 bits per heavy atom. The summed E-state index contributed by atoms with van der Waals surface area (Å²) in [5.41, 5.74) is -3.95. The SMILES string of the molecule is C=NC(=O)c1c(C#N)c(C(F)(F)F)n2c1CN(C(=O)Nc1ccc(C(F)(F)F)cc1)CC2. The number of urea groups is 1. The van der Waals surface area contributed by atoms with Gasteiger partial charge in [-0.2, -0.15) is 31.6 Å². The number of amides is 3. The number of nitrogens with zero attached hydrogens (tertiary/aromatic N) is 4. The number of fused-ring (bicyclic) bond motifs is 1. The number of aromatic nitrogens is 1. The van der Waals surface area contributed by atoms with Gasteiger partial charge in [-0.15, -0.1) is 0 Å². The lowest BCUT2D eigenvalue weighted by atomic mass is 10.1. The molecule has 1 aliphatic rings. The summed E-state index contributed by atoms with van der Waals surface area (Å²) in [5, 5.41) is 11.6. The maximum atomic E-state index is 13.6. The normalized spacial score (nSPS) is 13.8. The van der Waals surface area contributed by atoms with Crippen molar-refractivity contribution in [1.29, 1.82) is 5.26 Å². The molecule has 1 N–H and O–H groups in total. The largest absolute Gasteiger partial charge is 0.432 e. The lowest BCUT2D eigenvalue weighted by Gasteiger charge is -2.30. The van der Waals surface area contributed by atoms with Crippen LogP contribution in [-0.4, -0.2) is 34.7 Å². The quantitative estimate of drug-likeness (QED) is 0.539. The average Bonchev–Trinajstić information content (AvgIpc) is 3.06. The van der Waals surface area contributed by atoms with E-state index >= 15 is 0 Å². The fraction of sp³-hybridized carbons (Fsp3) is 0.263. The van der Waals surface area contributed by atoms with Crippen LogP contribution >= 0.6 is 0 Å². The van der Waals surface area contributed by atoms with Crippen molar-refractivity contribution in [2.24, 2.45) is 4.99 Å². The molecule has 2 heterocycles. The van der Waals surface area contributed by atoms with Gasteiger partial charge in [0.2, 0.25) is 0 Å². The molecule has 0 atom stereocenters. The Kier molecular flexibility index (Phi) is 5.73. The number of rotatable bonds is 2. The van der Waals surface area contributed by atoms with Crippen molar-refractivity contribution in [2.75, 3.05) is 11.9 Å². The molecule has 0 aliphatic carbocycles. The molecule has 0 bridgehead atoms. The van der Waals surface area contributed by atoms with Crippen LogP contribution in [0.1, 0.15) is 32.9 Å². The highest BCUT2D eigenvalue weighted by Crippen LogP contribution is 2.38.